The fourth-order valence-electron chi connectivity index (χ4n) is 2.28. The number of amides is 1. The highest BCUT2D eigenvalue weighted by Gasteiger charge is 2.28. The Hall–Kier alpha value is -0.310. The molecule has 0 radical (unpaired) electrons. The maximum Gasteiger partial charge on any atom is 0.242 e. The molecule has 3 heteroatoms. The van der Waals surface area contributed by atoms with Crippen molar-refractivity contribution in [3.63, 3.8) is 0 Å². The van der Waals surface area contributed by atoms with Crippen LogP contribution in [-0.4, -0.2) is 21.7 Å². The maximum atomic E-state index is 12.4. The molecule has 0 saturated heterocycles. The Morgan fingerprint density at radius 3 is 2.33 bits per heavy atom. The van der Waals surface area contributed by atoms with Crippen LogP contribution < -0.4 is 0 Å². The van der Waals surface area contributed by atoms with Crippen LogP contribution in [-0.2, 0) is 4.79 Å². The molecule has 0 heterocycles. The SMILES string of the molecule is CC(C)CN(C=C1CCCCC1)C(=O)C(C)(C)Br. The first-order chi connectivity index (χ1) is 8.30. The van der Waals surface area contributed by atoms with Gasteiger partial charge in [0.2, 0.25) is 5.91 Å². The average Bonchev–Trinajstić information content (AvgIpc) is 2.26. The first-order valence-electron chi connectivity index (χ1n) is 7.00. The fourth-order valence-corrected chi connectivity index (χ4v) is 2.51. The third-order valence-electron chi connectivity index (χ3n) is 3.17. The van der Waals surface area contributed by atoms with Crippen molar-refractivity contribution >= 4 is 21.8 Å². The van der Waals surface area contributed by atoms with E-state index >= 15 is 0 Å². The summed E-state index contributed by atoms with van der Waals surface area (Å²) in [6.07, 6.45) is 8.31. The van der Waals surface area contributed by atoms with E-state index in [1.54, 1.807) is 0 Å². The van der Waals surface area contributed by atoms with Gasteiger partial charge in [-0.3, -0.25) is 4.79 Å². The molecule has 1 fully saturated rings. The number of hydrogen-bond acceptors (Lipinski definition) is 1. The van der Waals surface area contributed by atoms with Crippen LogP contribution in [0.15, 0.2) is 11.8 Å². The summed E-state index contributed by atoms with van der Waals surface area (Å²) in [6, 6.07) is 0. The second kappa shape index (κ2) is 6.74. The zero-order valence-corrected chi connectivity index (χ0v) is 13.7. The molecule has 1 rings (SSSR count). The van der Waals surface area contributed by atoms with Crippen LogP contribution in [0.4, 0.5) is 0 Å². The third kappa shape index (κ3) is 5.13. The van der Waals surface area contributed by atoms with Gasteiger partial charge in [0.1, 0.15) is 0 Å². The number of hydrogen-bond donors (Lipinski definition) is 0. The van der Waals surface area contributed by atoms with Crippen molar-refractivity contribution in [2.45, 2.75) is 64.1 Å². The topological polar surface area (TPSA) is 20.3 Å². The van der Waals surface area contributed by atoms with Crippen molar-refractivity contribution in [1.29, 1.82) is 0 Å². The molecule has 0 bridgehead atoms. The maximum absolute atomic E-state index is 12.4. The molecule has 1 aliphatic rings. The van der Waals surface area contributed by atoms with Gasteiger partial charge in [-0.05, 0) is 45.4 Å². The minimum Gasteiger partial charge on any atom is -0.318 e. The lowest BCUT2D eigenvalue weighted by atomic mass is 9.95. The van der Waals surface area contributed by atoms with Crippen molar-refractivity contribution in [2.24, 2.45) is 5.92 Å². The Morgan fingerprint density at radius 2 is 1.89 bits per heavy atom. The number of nitrogens with zero attached hydrogens (tertiary/aromatic N) is 1. The molecule has 0 aromatic heterocycles. The summed E-state index contributed by atoms with van der Waals surface area (Å²) in [5, 5.41) is 0. The molecule has 18 heavy (non-hydrogen) atoms. The Balaban J connectivity index is 2.80. The lowest BCUT2D eigenvalue weighted by molar-refractivity contribution is -0.130. The lowest BCUT2D eigenvalue weighted by Gasteiger charge is -2.28. The summed E-state index contributed by atoms with van der Waals surface area (Å²) >= 11 is 3.48. The highest BCUT2D eigenvalue weighted by Crippen LogP contribution is 2.26. The average molecular weight is 316 g/mol. The molecule has 0 atom stereocenters. The second-order valence-electron chi connectivity index (χ2n) is 6.17. The van der Waals surface area contributed by atoms with Gasteiger partial charge in [-0.25, -0.2) is 0 Å². The number of rotatable bonds is 4. The van der Waals surface area contributed by atoms with E-state index in [1.807, 2.05) is 18.7 Å². The van der Waals surface area contributed by atoms with Crippen LogP contribution in [0, 0.1) is 5.92 Å². The first-order valence-corrected chi connectivity index (χ1v) is 7.79. The van der Waals surface area contributed by atoms with E-state index in [-0.39, 0.29) is 5.91 Å². The van der Waals surface area contributed by atoms with Gasteiger partial charge in [-0.15, -0.1) is 0 Å². The Morgan fingerprint density at radius 1 is 1.33 bits per heavy atom. The first kappa shape index (κ1) is 15.7. The Kier molecular flexibility index (Phi) is 5.90. The van der Waals surface area contributed by atoms with E-state index < -0.39 is 4.32 Å². The molecule has 0 aliphatic heterocycles. The zero-order chi connectivity index (χ0) is 13.8. The van der Waals surface area contributed by atoms with Gasteiger partial charge in [0.15, 0.2) is 0 Å². The van der Waals surface area contributed by atoms with Gasteiger partial charge in [-0.2, -0.15) is 0 Å². The van der Waals surface area contributed by atoms with E-state index in [4.69, 9.17) is 0 Å². The summed E-state index contributed by atoms with van der Waals surface area (Å²) in [7, 11) is 0. The number of carbonyl (C=O) groups excluding carboxylic acids is 1. The van der Waals surface area contributed by atoms with Crippen molar-refractivity contribution in [3.8, 4) is 0 Å². The second-order valence-corrected chi connectivity index (χ2v) is 8.15. The van der Waals surface area contributed by atoms with Crippen LogP contribution in [0.25, 0.3) is 0 Å². The molecule has 104 valence electrons. The minimum atomic E-state index is -0.479. The Bertz CT molecular complexity index is 307. The van der Waals surface area contributed by atoms with E-state index in [9.17, 15) is 4.79 Å². The smallest absolute Gasteiger partial charge is 0.242 e. The van der Waals surface area contributed by atoms with Crippen molar-refractivity contribution in [3.05, 3.63) is 11.8 Å². The standard InChI is InChI=1S/C15H26BrNO/c1-12(2)10-17(14(18)15(3,4)16)11-13-8-6-5-7-9-13/h11-12H,5-10H2,1-4H3. The third-order valence-corrected chi connectivity index (χ3v) is 3.50. The van der Waals surface area contributed by atoms with Gasteiger partial charge < -0.3 is 4.90 Å². The number of alkyl halides is 1. The summed E-state index contributed by atoms with van der Waals surface area (Å²) in [4.78, 5) is 14.3. The van der Waals surface area contributed by atoms with E-state index in [0.29, 0.717) is 5.92 Å². The minimum absolute atomic E-state index is 0.161. The van der Waals surface area contributed by atoms with Gasteiger partial charge in [-0.1, -0.05) is 41.8 Å². The normalized spacial score (nSPS) is 16.9. The van der Waals surface area contributed by atoms with Gasteiger partial charge >= 0.3 is 0 Å². The molecule has 0 unspecified atom stereocenters. The Labute approximate surface area is 120 Å². The van der Waals surface area contributed by atoms with Gasteiger partial charge in [0, 0.05) is 12.7 Å². The predicted octanol–water partition coefficient (Wildman–Crippen LogP) is 4.49. The number of carbonyl (C=O) groups is 1. The summed E-state index contributed by atoms with van der Waals surface area (Å²) in [5.41, 5.74) is 1.44. The summed E-state index contributed by atoms with van der Waals surface area (Å²) in [5.74, 6) is 0.651. The molecular formula is C15H26BrNO. The van der Waals surface area contributed by atoms with E-state index in [2.05, 4.69) is 36.0 Å². The van der Waals surface area contributed by atoms with Crippen molar-refractivity contribution in [1.82, 2.24) is 4.90 Å². The molecular weight excluding hydrogens is 290 g/mol. The van der Waals surface area contributed by atoms with E-state index in [0.717, 1.165) is 19.4 Å². The predicted molar refractivity (Wildman–Crippen MR) is 80.7 cm³/mol. The molecule has 1 aliphatic carbocycles. The van der Waals surface area contributed by atoms with Crippen LogP contribution >= 0.6 is 15.9 Å². The zero-order valence-electron chi connectivity index (χ0n) is 12.1. The van der Waals surface area contributed by atoms with Crippen LogP contribution in [0.3, 0.4) is 0 Å². The van der Waals surface area contributed by atoms with Gasteiger partial charge in [0.25, 0.3) is 0 Å². The van der Waals surface area contributed by atoms with Crippen LogP contribution in [0.1, 0.15) is 59.8 Å². The quantitative estimate of drug-likeness (QED) is 0.700. The summed E-state index contributed by atoms with van der Waals surface area (Å²) in [6.45, 7) is 8.95. The largest absolute Gasteiger partial charge is 0.318 e. The molecule has 1 amide bonds. The fraction of sp³-hybridized carbons (Fsp3) is 0.800. The molecule has 1 saturated carbocycles. The van der Waals surface area contributed by atoms with E-state index in [1.165, 1.54) is 24.8 Å². The molecule has 0 aromatic carbocycles. The molecule has 0 aromatic rings. The van der Waals surface area contributed by atoms with Crippen LogP contribution in [0.5, 0.6) is 0 Å². The van der Waals surface area contributed by atoms with Gasteiger partial charge in [0.05, 0.1) is 4.32 Å². The lowest BCUT2D eigenvalue weighted by Crippen LogP contribution is -2.40. The number of halogens is 1. The molecule has 0 N–H and O–H groups in total. The molecule has 0 spiro atoms. The molecule has 2 nitrogen and oxygen atoms in total. The highest BCUT2D eigenvalue weighted by molar-refractivity contribution is 9.10. The number of allylic oxidation sites excluding steroid dienone is 1. The van der Waals surface area contributed by atoms with Crippen molar-refractivity contribution in [2.75, 3.05) is 6.54 Å². The monoisotopic (exact) mass is 315 g/mol. The van der Waals surface area contributed by atoms with Crippen LogP contribution in [0.2, 0.25) is 0 Å². The highest BCUT2D eigenvalue weighted by atomic mass is 79.9. The summed E-state index contributed by atoms with van der Waals surface area (Å²) < 4.78 is -0.479. The van der Waals surface area contributed by atoms with Crippen molar-refractivity contribution < 1.29 is 4.79 Å².